The van der Waals surface area contributed by atoms with Crippen molar-refractivity contribution >= 4 is 21.9 Å². The largest absolute Gasteiger partial charge is 0.481 e. The minimum absolute atomic E-state index is 0.122. The molecule has 0 aliphatic rings. The van der Waals surface area contributed by atoms with Gasteiger partial charge in [0.05, 0.1) is 6.42 Å². The van der Waals surface area contributed by atoms with Crippen LogP contribution >= 0.6 is 15.9 Å². The average Bonchev–Trinajstić information content (AvgIpc) is 2.14. The van der Waals surface area contributed by atoms with Crippen molar-refractivity contribution in [3.05, 3.63) is 28.2 Å². The van der Waals surface area contributed by atoms with E-state index in [1.54, 1.807) is 6.07 Å². The van der Waals surface area contributed by atoms with Gasteiger partial charge in [-0.25, -0.2) is 0 Å². The van der Waals surface area contributed by atoms with Crippen molar-refractivity contribution in [2.75, 3.05) is 0 Å². The van der Waals surface area contributed by atoms with Crippen LogP contribution in [0.3, 0.4) is 0 Å². The summed E-state index contributed by atoms with van der Waals surface area (Å²) in [5.74, 6) is -1.24. The number of nitrogens with two attached hydrogens (primary N) is 1. The molecule has 0 amide bonds. The summed E-state index contributed by atoms with van der Waals surface area (Å²) >= 11 is 3.13. The molecule has 0 aromatic heterocycles. The van der Waals surface area contributed by atoms with Crippen LogP contribution in [0, 0.1) is 0 Å². The van der Waals surface area contributed by atoms with Crippen molar-refractivity contribution in [2.45, 2.75) is 19.1 Å². The maximum atomic E-state index is 12.2. The number of carboxylic acids is 1. The molecule has 0 aliphatic heterocycles. The highest BCUT2D eigenvalue weighted by atomic mass is 79.9. The zero-order chi connectivity index (χ0) is 13.0. The molecule has 7 heteroatoms. The van der Waals surface area contributed by atoms with Gasteiger partial charge in [-0.15, -0.1) is 0 Å². The summed E-state index contributed by atoms with van der Waals surface area (Å²) in [6.45, 7) is -2.99. The van der Waals surface area contributed by atoms with Crippen molar-refractivity contribution in [3.63, 3.8) is 0 Å². The van der Waals surface area contributed by atoms with Gasteiger partial charge in [-0.1, -0.05) is 22.0 Å². The highest BCUT2D eigenvalue weighted by Crippen LogP contribution is 2.33. The number of aliphatic carboxylic acids is 1. The van der Waals surface area contributed by atoms with Crippen LogP contribution in [-0.4, -0.2) is 17.7 Å². The fraction of sp³-hybridized carbons (Fsp3) is 0.300. The lowest BCUT2D eigenvalue weighted by molar-refractivity contribution is -0.137. The molecule has 3 N–H and O–H groups in total. The Morgan fingerprint density at radius 2 is 2.18 bits per heavy atom. The molecule has 1 atom stereocenters. The van der Waals surface area contributed by atoms with Crippen molar-refractivity contribution in [3.8, 4) is 5.75 Å². The first-order valence-corrected chi connectivity index (χ1v) is 5.41. The summed E-state index contributed by atoms with van der Waals surface area (Å²) < 4.78 is 29.1. The number of hydrogen-bond acceptors (Lipinski definition) is 3. The molecular weight excluding hydrogens is 300 g/mol. The fourth-order valence-corrected chi connectivity index (χ4v) is 2.01. The Morgan fingerprint density at radius 3 is 2.71 bits per heavy atom. The Morgan fingerprint density at radius 1 is 1.53 bits per heavy atom. The van der Waals surface area contributed by atoms with Gasteiger partial charge in [0, 0.05) is 16.1 Å². The Hall–Kier alpha value is -1.21. The second-order valence-corrected chi connectivity index (χ2v) is 4.09. The lowest BCUT2D eigenvalue weighted by Gasteiger charge is -2.16. The third kappa shape index (κ3) is 3.94. The third-order valence-corrected chi connectivity index (χ3v) is 2.69. The van der Waals surface area contributed by atoms with Crippen molar-refractivity contribution in [1.29, 1.82) is 0 Å². The van der Waals surface area contributed by atoms with Crippen LogP contribution in [0.4, 0.5) is 8.78 Å². The lowest BCUT2D eigenvalue weighted by Crippen LogP contribution is -2.17. The SMILES string of the molecule is N[C@H](CC(=O)O)c1c(Br)cccc1OC(F)F. The number of halogens is 3. The molecule has 0 heterocycles. The van der Waals surface area contributed by atoms with Gasteiger partial charge in [-0.3, -0.25) is 4.79 Å². The molecule has 0 bridgehead atoms. The van der Waals surface area contributed by atoms with Gasteiger partial charge < -0.3 is 15.6 Å². The maximum absolute atomic E-state index is 12.2. The van der Waals surface area contributed by atoms with E-state index in [1.807, 2.05) is 0 Å². The van der Waals surface area contributed by atoms with E-state index in [1.165, 1.54) is 12.1 Å². The smallest absolute Gasteiger partial charge is 0.387 e. The highest BCUT2D eigenvalue weighted by molar-refractivity contribution is 9.10. The number of rotatable bonds is 5. The monoisotopic (exact) mass is 309 g/mol. The van der Waals surface area contributed by atoms with Gasteiger partial charge in [0.1, 0.15) is 5.75 Å². The molecule has 0 aliphatic carbocycles. The second-order valence-electron chi connectivity index (χ2n) is 3.23. The van der Waals surface area contributed by atoms with E-state index < -0.39 is 18.6 Å². The second kappa shape index (κ2) is 5.92. The van der Waals surface area contributed by atoms with Gasteiger partial charge in [0.2, 0.25) is 0 Å². The van der Waals surface area contributed by atoms with E-state index in [0.717, 1.165) is 0 Å². The van der Waals surface area contributed by atoms with Crippen LogP contribution < -0.4 is 10.5 Å². The van der Waals surface area contributed by atoms with E-state index in [-0.39, 0.29) is 17.7 Å². The molecule has 1 aromatic rings. The van der Waals surface area contributed by atoms with Gasteiger partial charge in [0.25, 0.3) is 0 Å². The summed E-state index contributed by atoms with van der Waals surface area (Å²) in [6, 6.07) is 3.47. The van der Waals surface area contributed by atoms with Gasteiger partial charge in [0.15, 0.2) is 0 Å². The van der Waals surface area contributed by atoms with Crippen LogP contribution in [-0.2, 0) is 4.79 Å². The molecule has 0 radical (unpaired) electrons. The van der Waals surface area contributed by atoms with Crippen LogP contribution in [0.5, 0.6) is 5.75 Å². The molecule has 17 heavy (non-hydrogen) atoms. The Balaban J connectivity index is 3.06. The van der Waals surface area contributed by atoms with E-state index >= 15 is 0 Å². The first-order valence-electron chi connectivity index (χ1n) is 4.62. The average molecular weight is 310 g/mol. The normalized spacial score (nSPS) is 12.5. The molecule has 0 saturated carbocycles. The minimum Gasteiger partial charge on any atom is -0.481 e. The maximum Gasteiger partial charge on any atom is 0.387 e. The summed E-state index contributed by atoms with van der Waals surface area (Å²) in [5.41, 5.74) is 5.86. The Labute approximate surface area is 104 Å². The lowest BCUT2D eigenvalue weighted by atomic mass is 10.0. The predicted molar refractivity (Wildman–Crippen MR) is 60.0 cm³/mol. The number of ether oxygens (including phenoxy) is 1. The number of carbonyl (C=O) groups is 1. The quantitative estimate of drug-likeness (QED) is 0.876. The standard InChI is InChI=1S/C10H10BrF2NO3/c11-5-2-1-3-7(17-10(12)13)9(5)6(14)4-8(15)16/h1-3,6,10H,4,14H2,(H,15,16)/t6-/m1/s1. The van der Waals surface area contributed by atoms with Crippen molar-refractivity contribution in [2.24, 2.45) is 5.73 Å². The summed E-state index contributed by atoms with van der Waals surface area (Å²) in [5, 5.41) is 8.62. The van der Waals surface area contributed by atoms with Gasteiger partial charge in [-0.05, 0) is 12.1 Å². The molecule has 0 saturated heterocycles. The summed E-state index contributed by atoms with van der Waals surface area (Å²) in [6.07, 6.45) is -0.373. The Bertz CT molecular complexity index is 415. The van der Waals surface area contributed by atoms with Crippen LogP contribution in [0.25, 0.3) is 0 Å². The first kappa shape index (κ1) is 13.9. The zero-order valence-corrected chi connectivity index (χ0v) is 10.2. The fourth-order valence-electron chi connectivity index (χ4n) is 1.37. The highest BCUT2D eigenvalue weighted by Gasteiger charge is 2.20. The molecule has 0 fully saturated rings. The molecule has 94 valence electrons. The number of benzene rings is 1. The topological polar surface area (TPSA) is 72.6 Å². The minimum atomic E-state index is -2.99. The number of carboxylic acid groups (broad SMARTS) is 1. The predicted octanol–water partition coefficient (Wildman–Crippen LogP) is 2.53. The van der Waals surface area contributed by atoms with E-state index in [2.05, 4.69) is 20.7 Å². The van der Waals surface area contributed by atoms with Crippen molar-refractivity contribution < 1.29 is 23.4 Å². The molecule has 1 aromatic carbocycles. The van der Waals surface area contributed by atoms with E-state index in [4.69, 9.17) is 10.8 Å². The van der Waals surface area contributed by atoms with Gasteiger partial charge in [-0.2, -0.15) is 8.78 Å². The summed E-state index contributed by atoms with van der Waals surface area (Å²) in [4.78, 5) is 10.5. The molecule has 1 rings (SSSR count). The zero-order valence-electron chi connectivity index (χ0n) is 8.57. The third-order valence-electron chi connectivity index (χ3n) is 1.99. The van der Waals surface area contributed by atoms with Crippen LogP contribution in [0.2, 0.25) is 0 Å². The van der Waals surface area contributed by atoms with E-state index in [0.29, 0.717) is 4.47 Å². The number of hydrogen-bond donors (Lipinski definition) is 2. The van der Waals surface area contributed by atoms with E-state index in [9.17, 15) is 13.6 Å². The van der Waals surface area contributed by atoms with Gasteiger partial charge >= 0.3 is 12.6 Å². The molecular formula is C10H10BrF2NO3. The molecule has 4 nitrogen and oxygen atoms in total. The molecule has 0 spiro atoms. The van der Waals surface area contributed by atoms with Crippen molar-refractivity contribution in [1.82, 2.24) is 0 Å². The van der Waals surface area contributed by atoms with Crippen LogP contribution in [0.15, 0.2) is 22.7 Å². The number of alkyl halides is 2. The Kier molecular flexibility index (Phi) is 4.83. The van der Waals surface area contributed by atoms with Crippen LogP contribution in [0.1, 0.15) is 18.0 Å². The first-order chi connectivity index (χ1) is 7.91. The molecule has 0 unspecified atom stereocenters. The summed E-state index contributed by atoms with van der Waals surface area (Å²) in [7, 11) is 0.